The lowest BCUT2D eigenvalue weighted by Gasteiger charge is -2.11. The van der Waals surface area contributed by atoms with Crippen LogP contribution < -0.4 is 10.6 Å². The van der Waals surface area contributed by atoms with E-state index in [9.17, 15) is 4.79 Å². The Balaban J connectivity index is 1.55. The molecule has 5 nitrogen and oxygen atoms in total. The SMILES string of the molecule is CCc1ccccc1NC(=O)Nc1cccc(-c2cn3cccc(C)c3n2)c1. The summed E-state index contributed by atoms with van der Waals surface area (Å²) >= 11 is 0. The number of anilines is 2. The third-order valence-electron chi connectivity index (χ3n) is 4.74. The summed E-state index contributed by atoms with van der Waals surface area (Å²) in [7, 11) is 0. The van der Waals surface area contributed by atoms with Crippen molar-refractivity contribution < 1.29 is 4.79 Å². The van der Waals surface area contributed by atoms with E-state index in [0.29, 0.717) is 0 Å². The molecule has 0 aliphatic heterocycles. The molecule has 2 heterocycles. The summed E-state index contributed by atoms with van der Waals surface area (Å²) in [5.41, 5.74) is 6.53. The van der Waals surface area contributed by atoms with Gasteiger partial charge in [-0.15, -0.1) is 0 Å². The van der Waals surface area contributed by atoms with Crippen LogP contribution in [0, 0.1) is 6.92 Å². The Kier molecular flexibility index (Phi) is 4.81. The number of urea groups is 1. The van der Waals surface area contributed by atoms with Crippen LogP contribution in [0.15, 0.2) is 73.1 Å². The van der Waals surface area contributed by atoms with Crippen molar-refractivity contribution in [2.24, 2.45) is 0 Å². The van der Waals surface area contributed by atoms with Gasteiger partial charge >= 0.3 is 6.03 Å². The fourth-order valence-electron chi connectivity index (χ4n) is 3.28. The number of nitrogens with zero attached hydrogens (tertiary/aromatic N) is 2. The highest BCUT2D eigenvalue weighted by atomic mass is 16.2. The second-order valence-electron chi connectivity index (χ2n) is 6.72. The van der Waals surface area contributed by atoms with Gasteiger partial charge < -0.3 is 15.0 Å². The third kappa shape index (κ3) is 3.60. The maximum Gasteiger partial charge on any atom is 0.323 e. The van der Waals surface area contributed by atoms with E-state index in [1.165, 1.54) is 0 Å². The highest BCUT2D eigenvalue weighted by molar-refractivity contribution is 6.00. The number of aryl methyl sites for hydroxylation is 2. The smallest absolute Gasteiger partial charge is 0.308 e. The number of imidazole rings is 1. The van der Waals surface area contributed by atoms with Gasteiger partial charge in [-0.25, -0.2) is 9.78 Å². The fourth-order valence-corrected chi connectivity index (χ4v) is 3.28. The van der Waals surface area contributed by atoms with Crippen LogP contribution in [0.25, 0.3) is 16.9 Å². The Morgan fingerprint density at radius 2 is 1.89 bits per heavy atom. The number of para-hydroxylation sites is 1. The van der Waals surface area contributed by atoms with Crippen molar-refractivity contribution >= 4 is 23.1 Å². The number of hydrogen-bond acceptors (Lipinski definition) is 2. The van der Waals surface area contributed by atoms with E-state index in [0.717, 1.165) is 45.8 Å². The molecule has 0 saturated carbocycles. The summed E-state index contributed by atoms with van der Waals surface area (Å²) in [5.74, 6) is 0. The van der Waals surface area contributed by atoms with Crippen LogP contribution in [-0.2, 0) is 6.42 Å². The topological polar surface area (TPSA) is 58.4 Å². The highest BCUT2D eigenvalue weighted by Crippen LogP contribution is 2.24. The Labute approximate surface area is 164 Å². The number of hydrogen-bond donors (Lipinski definition) is 2. The number of nitrogens with one attached hydrogen (secondary N) is 2. The molecule has 2 aromatic heterocycles. The van der Waals surface area contributed by atoms with Gasteiger partial charge in [0.05, 0.1) is 5.69 Å². The van der Waals surface area contributed by atoms with Crippen LogP contribution in [0.5, 0.6) is 0 Å². The normalized spacial score (nSPS) is 10.8. The van der Waals surface area contributed by atoms with E-state index in [-0.39, 0.29) is 6.03 Å². The van der Waals surface area contributed by atoms with Crippen LogP contribution in [0.4, 0.5) is 16.2 Å². The van der Waals surface area contributed by atoms with Crippen molar-refractivity contribution in [2.45, 2.75) is 20.3 Å². The molecule has 0 saturated heterocycles. The molecule has 4 aromatic rings. The summed E-state index contributed by atoms with van der Waals surface area (Å²) in [6, 6.07) is 19.3. The van der Waals surface area contributed by atoms with Crippen molar-refractivity contribution in [3.05, 3.63) is 84.2 Å². The number of rotatable bonds is 4. The van der Waals surface area contributed by atoms with E-state index in [4.69, 9.17) is 4.98 Å². The first-order valence-electron chi connectivity index (χ1n) is 9.34. The molecule has 0 aliphatic rings. The molecule has 4 rings (SSSR count). The number of amides is 2. The largest absolute Gasteiger partial charge is 0.323 e. The maximum atomic E-state index is 12.4. The first-order chi connectivity index (χ1) is 13.6. The molecule has 5 heteroatoms. The zero-order valence-corrected chi connectivity index (χ0v) is 15.9. The van der Waals surface area contributed by atoms with Crippen molar-refractivity contribution in [1.29, 1.82) is 0 Å². The van der Waals surface area contributed by atoms with Crippen LogP contribution in [0.2, 0.25) is 0 Å². The monoisotopic (exact) mass is 370 g/mol. The maximum absolute atomic E-state index is 12.4. The lowest BCUT2D eigenvalue weighted by Crippen LogP contribution is -2.20. The molecular formula is C23H22N4O. The van der Waals surface area contributed by atoms with E-state index in [2.05, 4.69) is 17.6 Å². The second-order valence-corrected chi connectivity index (χ2v) is 6.72. The fraction of sp³-hybridized carbons (Fsp3) is 0.130. The molecule has 2 N–H and O–H groups in total. The van der Waals surface area contributed by atoms with Gasteiger partial charge in [0.25, 0.3) is 0 Å². The molecule has 28 heavy (non-hydrogen) atoms. The van der Waals surface area contributed by atoms with E-state index in [1.54, 1.807) is 0 Å². The molecular weight excluding hydrogens is 348 g/mol. The summed E-state index contributed by atoms with van der Waals surface area (Å²) in [5, 5.41) is 5.84. The number of carbonyl (C=O) groups is 1. The van der Waals surface area contributed by atoms with Crippen LogP contribution in [0.1, 0.15) is 18.1 Å². The predicted molar refractivity (Wildman–Crippen MR) is 114 cm³/mol. The van der Waals surface area contributed by atoms with Crippen molar-refractivity contribution in [1.82, 2.24) is 9.38 Å². The Hall–Kier alpha value is -3.60. The standard InChI is InChI=1S/C23H22N4O/c1-3-17-9-4-5-12-20(17)26-23(28)24-19-11-6-10-18(14-19)21-15-27-13-7-8-16(2)22(27)25-21/h4-15H,3H2,1-2H3,(H2,24,26,28). The summed E-state index contributed by atoms with van der Waals surface area (Å²) in [6.07, 6.45) is 4.85. The minimum absolute atomic E-state index is 0.260. The molecule has 0 bridgehead atoms. The molecule has 2 aromatic carbocycles. The summed E-state index contributed by atoms with van der Waals surface area (Å²) < 4.78 is 2.01. The van der Waals surface area contributed by atoms with Gasteiger partial charge in [0.2, 0.25) is 0 Å². The van der Waals surface area contributed by atoms with Gasteiger partial charge in [-0.1, -0.05) is 43.3 Å². The van der Waals surface area contributed by atoms with Crippen LogP contribution >= 0.6 is 0 Å². The number of carbonyl (C=O) groups excluding carboxylic acids is 1. The predicted octanol–water partition coefficient (Wildman–Crippen LogP) is 5.52. The van der Waals surface area contributed by atoms with Gasteiger partial charge in [0.15, 0.2) is 0 Å². The van der Waals surface area contributed by atoms with Gasteiger partial charge in [0.1, 0.15) is 5.65 Å². The average Bonchev–Trinajstić information content (AvgIpc) is 3.14. The lowest BCUT2D eigenvalue weighted by atomic mass is 10.1. The van der Waals surface area contributed by atoms with Crippen LogP contribution in [0.3, 0.4) is 0 Å². The first kappa shape index (κ1) is 17.8. The van der Waals surface area contributed by atoms with Crippen molar-refractivity contribution in [3.63, 3.8) is 0 Å². The first-order valence-corrected chi connectivity index (χ1v) is 9.34. The molecule has 0 fully saturated rings. The molecule has 0 spiro atoms. The Bertz CT molecular complexity index is 1150. The second kappa shape index (κ2) is 7.56. The Morgan fingerprint density at radius 3 is 2.71 bits per heavy atom. The quantitative estimate of drug-likeness (QED) is 0.497. The summed E-state index contributed by atoms with van der Waals surface area (Å²) in [6.45, 7) is 4.11. The minimum Gasteiger partial charge on any atom is -0.308 e. The number of fused-ring (bicyclic) bond motifs is 1. The van der Waals surface area contributed by atoms with Gasteiger partial charge in [-0.3, -0.25) is 0 Å². The summed E-state index contributed by atoms with van der Waals surface area (Å²) in [4.78, 5) is 17.2. The molecule has 0 radical (unpaired) electrons. The number of aromatic nitrogens is 2. The van der Waals surface area contributed by atoms with Crippen molar-refractivity contribution in [3.8, 4) is 11.3 Å². The zero-order chi connectivity index (χ0) is 19.5. The third-order valence-corrected chi connectivity index (χ3v) is 4.74. The van der Waals surface area contributed by atoms with Gasteiger partial charge in [-0.2, -0.15) is 0 Å². The molecule has 0 aliphatic carbocycles. The lowest BCUT2D eigenvalue weighted by molar-refractivity contribution is 0.262. The zero-order valence-electron chi connectivity index (χ0n) is 15.9. The number of pyridine rings is 1. The molecule has 140 valence electrons. The average molecular weight is 370 g/mol. The van der Waals surface area contributed by atoms with Gasteiger partial charge in [-0.05, 0) is 48.7 Å². The van der Waals surface area contributed by atoms with E-state index in [1.807, 2.05) is 84.4 Å². The van der Waals surface area contributed by atoms with E-state index >= 15 is 0 Å². The highest BCUT2D eigenvalue weighted by Gasteiger charge is 2.09. The van der Waals surface area contributed by atoms with E-state index < -0.39 is 0 Å². The minimum atomic E-state index is -0.260. The van der Waals surface area contributed by atoms with Crippen LogP contribution in [-0.4, -0.2) is 15.4 Å². The molecule has 0 atom stereocenters. The molecule has 0 unspecified atom stereocenters. The number of benzene rings is 2. The van der Waals surface area contributed by atoms with Crippen molar-refractivity contribution in [2.75, 3.05) is 10.6 Å². The molecule has 2 amide bonds. The Morgan fingerprint density at radius 1 is 1.04 bits per heavy atom. The van der Waals surface area contributed by atoms with Gasteiger partial charge in [0, 0.05) is 29.3 Å².